The molecule has 41 heavy (non-hydrogen) atoms. The molecule has 0 aromatic heterocycles. The van der Waals surface area contributed by atoms with Crippen molar-refractivity contribution in [3.05, 3.63) is 89.7 Å². The zero-order valence-electron chi connectivity index (χ0n) is 24.4. The van der Waals surface area contributed by atoms with Crippen LogP contribution in [0.25, 0.3) is 11.1 Å². The summed E-state index contributed by atoms with van der Waals surface area (Å²) in [6.07, 6.45) is -0.127. The SMILES string of the molecule is CC(=O)NCCc1ccc(O[C@@H]2O[C@@H](CC(C)C)[C@H](C)[C@@H](C)C2OC(=O)c2ccccc2)cc1-c1cccc(F)c1. The van der Waals surface area contributed by atoms with Gasteiger partial charge in [0.25, 0.3) is 0 Å². The topological polar surface area (TPSA) is 73.9 Å². The van der Waals surface area contributed by atoms with Crippen molar-refractivity contribution in [1.82, 2.24) is 5.32 Å². The third kappa shape index (κ3) is 7.94. The average Bonchev–Trinajstić information content (AvgIpc) is 2.94. The quantitative estimate of drug-likeness (QED) is 0.275. The van der Waals surface area contributed by atoms with Gasteiger partial charge in [0.2, 0.25) is 12.2 Å². The zero-order valence-corrected chi connectivity index (χ0v) is 24.4. The number of carbonyl (C=O) groups is 2. The lowest BCUT2D eigenvalue weighted by Crippen LogP contribution is -2.53. The van der Waals surface area contributed by atoms with Gasteiger partial charge in [-0.25, -0.2) is 9.18 Å². The third-order valence-corrected chi connectivity index (χ3v) is 7.70. The van der Waals surface area contributed by atoms with Gasteiger partial charge in [0.1, 0.15) is 11.6 Å². The highest BCUT2D eigenvalue weighted by atomic mass is 19.1. The van der Waals surface area contributed by atoms with Crippen molar-refractivity contribution in [1.29, 1.82) is 0 Å². The number of carbonyl (C=O) groups excluding carboxylic acids is 2. The van der Waals surface area contributed by atoms with Crippen molar-refractivity contribution in [2.45, 2.75) is 66.0 Å². The van der Waals surface area contributed by atoms with Gasteiger partial charge >= 0.3 is 5.97 Å². The molecule has 1 aliphatic rings. The van der Waals surface area contributed by atoms with E-state index in [4.69, 9.17) is 14.2 Å². The van der Waals surface area contributed by atoms with Crippen LogP contribution in [0, 0.1) is 23.6 Å². The van der Waals surface area contributed by atoms with Crippen LogP contribution in [-0.4, -0.2) is 36.9 Å². The summed E-state index contributed by atoms with van der Waals surface area (Å²) in [4.78, 5) is 24.5. The van der Waals surface area contributed by atoms with Gasteiger partial charge in [-0.05, 0) is 77.8 Å². The summed E-state index contributed by atoms with van der Waals surface area (Å²) in [7, 11) is 0. The Bertz CT molecular complexity index is 1330. The minimum absolute atomic E-state index is 0.0234. The summed E-state index contributed by atoms with van der Waals surface area (Å²) in [5.41, 5.74) is 2.89. The van der Waals surface area contributed by atoms with Gasteiger partial charge < -0.3 is 19.5 Å². The molecule has 7 heteroatoms. The van der Waals surface area contributed by atoms with Crippen molar-refractivity contribution in [3.8, 4) is 16.9 Å². The van der Waals surface area contributed by atoms with Crippen molar-refractivity contribution in [2.24, 2.45) is 17.8 Å². The van der Waals surface area contributed by atoms with E-state index in [1.165, 1.54) is 19.1 Å². The van der Waals surface area contributed by atoms with Gasteiger partial charge in [0, 0.05) is 19.4 Å². The second-order valence-corrected chi connectivity index (χ2v) is 11.3. The van der Waals surface area contributed by atoms with Gasteiger partial charge in [0.15, 0.2) is 6.10 Å². The molecule has 0 spiro atoms. The summed E-state index contributed by atoms with van der Waals surface area (Å²) in [6, 6.07) is 20.9. The largest absolute Gasteiger partial charge is 0.461 e. The maximum absolute atomic E-state index is 14.2. The highest BCUT2D eigenvalue weighted by Crippen LogP contribution is 2.38. The number of esters is 1. The summed E-state index contributed by atoms with van der Waals surface area (Å²) in [5.74, 6) is 0.175. The molecule has 3 aromatic rings. The van der Waals surface area contributed by atoms with E-state index in [0.29, 0.717) is 35.8 Å². The van der Waals surface area contributed by atoms with Crippen LogP contribution in [0.3, 0.4) is 0 Å². The van der Waals surface area contributed by atoms with E-state index in [9.17, 15) is 14.0 Å². The van der Waals surface area contributed by atoms with E-state index in [0.717, 1.165) is 17.5 Å². The molecule has 0 bridgehead atoms. The molecule has 1 N–H and O–H groups in total. The average molecular weight is 562 g/mol. The monoisotopic (exact) mass is 561 g/mol. The van der Waals surface area contributed by atoms with Crippen molar-refractivity contribution < 1.29 is 28.2 Å². The van der Waals surface area contributed by atoms with Crippen LogP contribution in [0.5, 0.6) is 5.75 Å². The van der Waals surface area contributed by atoms with Crippen molar-refractivity contribution in [3.63, 3.8) is 0 Å². The standard InChI is InChI=1S/C34H40FNO5/c1-21(2)18-31-22(3)23(4)32(41-33(38)26-10-7-6-8-11-26)34(40-31)39-29-15-14-25(16-17-36-24(5)37)30(20-29)27-12-9-13-28(35)19-27/h6-15,19-23,31-32,34H,16-18H2,1-5H3,(H,36,37)/t22-,23-,31+,32?,34-/m1/s1. The molecule has 0 aliphatic carbocycles. The highest BCUT2D eigenvalue weighted by Gasteiger charge is 2.45. The van der Waals surface area contributed by atoms with Crippen molar-refractivity contribution >= 4 is 11.9 Å². The smallest absolute Gasteiger partial charge is 0.338 e. The second-order valence-electron chi connectivity index (χ2n) is 11.3. The van der Waals surface area contributed by atoms with Crippen LogP contribution < -0.4 is 10.1 Å². The van der Waals surface area contributed by atoms with E-state index in [1.807, 2.05) is 30.3 Å². The third-order valence-electron chi connectivity index (χ3n) is 7.70. The first-order valence-corrected chi connectivity index (χ1v) is 14.3. The summed E-state index contributed by atoms with van der Waals surface area (Å²) in [6.45, 7) is 10.4. The number of amides is 1. The fraction of sp³-hybridized carbons (Fsp3) is 0.412. The molecule has 1 aliphatic heterocycles. The van der Waals surface area contributed by atoms with E-state index in [2.05, 4.69) is 33.0 Å². The Labute approximate surface area is 242 Å². The van der Waals surface area contributed by atoms with Crippen LogP contribution in [0.1, 0.15) is 57.0 Å². The Morgan fingerprint density at radius 2 is 1.73 bits per heavy atom. The molecule has 1 heterocycles. The first-order valence-electron chi connectivity index (χ1n) is 14.3. The minimum atomic E-state index is -0.830. The number of ether oxygens (including phenoxy) is 3. The number of hydrogen-bond donors (Lipinski definition) is 1. The lowest BCUT2D eigenvalue weighted by atomic mass is 9.80. The van der Waals surface area contributed by atoms with E-state index < -0.39 is 18.4 Å². The molecular weight excluding hydrogens is 521 g/mol. The van der Waals surface area contributed by atoms with Crippen LogP contribution in [0.15, 0.2) is 72.8 Å². The van der Waals surface area contributed by atoms with Gasteiger partial charge in [-0.1, -0.05) is 64.1 Å². The fourth-order valence-corrected chi connectivity index (χ4v) is 5.30. The molecule has 4 rings (SSSR count). The van der Waals surface area contributed by atoms with E-state index in [1.54, 1.807) is 30.3 Å². The molecule has 5 atom stereocenters. The van der Waals surface area contributed by atoms with Crippen LogP contribution >= 0.6 is 0 Å². The highest BCUT2D eigenvalue weighted by molar-refractivity contribution is 5.89. The number of nitrogens with one attached hydrogen (secondary N) is 1. The number of rotatable bonds is 10. The molecule has 0 saturated carbocycles. The second kappa shape index (κ2) is 13.8. The summed E-state index contributed by atoms with van der Waals surface area (Å²) in [5, 5.41) is 2.82. The Morgan fingerprint density at radius 1 is 0.976 bits per heavy atom. The molecule has 1 fully saturated rings. The summed E-state index contributed by atoms with van der Waals surface area (Å²) >= 11 is 0. The Hall–Kier alpha value is -3.71. The predicted molar refractivity (Wildman–Crippen MR) is 157 cm³/mol. The minimum Gasteiger partial charge on any atom is -0.461 e. The molecule has 1 amide bonds. The van der Waals surface area contributed by atoms with E-state index in [-0.39, 0.29) is 29.7 Å². The molecule has 1 saturated heterocycles. The molecule has 1 unspecified atom stereocenters. The number of benzene rings is 3. The van der Waals surface area contributed by atoms with Gasteiger partial charge in [0.05, 0.1) is 11.7 Å². The van der Waals surface area contributed by atoms with Gasteiger partial charge in [-0.3, -0.25) is 4.79 Å². The molecule has 0 radical (unpaired) electrons. The zero-order chi connectivity index (χ0) is 29.5. The normalized spacial score (nSPS) is 22.3. The first-order chi connectivity index (χ1) is 19.6. The molecule has 3 aromatic carbocycles. The Kier molecular flexibility index (Phi) is 10.2. The maximum Gasteiger partial charge on any atom is 0.338 e. The predicted octanol–water partition coefficient (Wildman–Crippen LogP) is 6.82. The number of halogens is 1. The van der Waals surface area contributed by atoms with Gasteiger partial charge in [-0.2, -0.15) is 0 Å². The molecule has 218 valence electrons. The Morgan fingerprint density at radius 3 is 2.41 bits per heavy atom. The van der Waals surface area contributed by atoms with Crippen LogP contribution in [-0.2, 0) is 20.7 Å². The summed E-state index contributed by atoms with van der Waals surface area (Å²) < 4.78 is 33.2. The van der Waals surface area contributed by atoms with Gasteiger partial charge in [-0.15, -0.1) is 0 Å². The molecule has 6 nitrogen and oxygen atoms in total. The lowest BCUT2D eigenvalue weighted by molar-refractivity contribution is -0.240. The molecular formula is C34H40FNO5. The van der Waals surface area contributed by atoms with E-state index >= 15 is 0 Å². The van der Waals surface area contributed by atoms with Crippen LogP contribution in [0.4, 0.5) is 4.39 Å². The van der Waals surface area contributed by atoms with Crippen LogP contribution in [0.2, 0.25) is 0 Å². The lowest BCUT2D eigenvalue weighted by Gasteiger charge is -2.44. The fourth-order valence-electron chi connectivity index (χ4n) is 5.30. The first kappa shape index (κ1) is 30.3. The van der Waals surface area contributed by atoms with Crippen molar-refractivity contribution in [2.75, 3.05) is 6.54 Å². The number of hydrogen-bond acceptors (Lipinski definition) is 5. The Balaban J connectivity index is 1.65. The maximum atomic E-state index is 14.2.